The summed E-state index contributed by atoms with van der Waals surface area (Å²) >= 11 is 0. The number of halogens is 1. The van der Waals surface area contributed by atoms with E-state index in [4.69, 9.17) is 5.11 Å². The van der Waals surface area contributed by atoms with Crippen molar-refractivity contribution in [2.75, 3.05) is 4.90 Å². The third-order valence-electron chi connectivity index (χ3n) is 2.87. The molecule has 0 saturated heterocycles. The Kier molecular flexibility index (Phi) is 5.42. The predicted molar refractivity (Wildman–Crippen MR) is 82.3 cm³/mol. The summed E-state index contributed by atoms with van der Waals surface area (Å²) in [5, 5.41) is 9.17. The molecule has 2 amide bonds. The van der Waals surface area contributed by atoms with Crippen molar-refractivity contribution >= 4 is 17.7 Å². The van der Waals surface area contributed by atoms with Crippen molar-refractivity contribution in [1.29, 1.82) is 0 Å². The van der Waals surface area contributed by atoms with Gasteiger partial charge in [-0.3, -0.25) is 4.79 Å². The van der Waals surface area contributed by atoms with E-state index in [2.05, 4.69) is 16.8 Å². The average molecular weight is 312 g/mol. The largest absolute Gasteiger partial charge is 0.464 e. The molecule has 0 spiro atoms. The van der Waals surface area contributed by atoms with Crippen LogP contribution in [0.3, 0.4) is 0 Å². The van der Waals surface area contributed by atoms with Crippen LogP contribution in [-0.4, -0.2) is 22.1 Å². The van der Waals surface area contributed by atoms with Crippen molar-refractivity contribution in [2.24, 2.45) is 0 Å². The van der Waals surface area contributed by atoms with Crippen molar-refractivity contribution < 1.29 is 19.1 Å². The second-order valence-electron chi connectivity index (χ2n) is 4.50. The molecule has 116 valence electrons. The van der Waals surface area contributed by atoms with Crippen LogP contribution in [0.25, 0.3) is 0 Å². The highest BCUT2D eigenvalue weighted by Gasteiger charge is 2.21. The van der Waals surface area contributed by atoms with Gasteiger partial charge in [0.15, 0.2) is 0 Å². The van der Waals surface area contributed by atoms with Crippen LogP contribution in [0.1, 0.15) is 18.5 Å². The SMILES string of the molecule is O=C(O)N(C(=O)CCC#Cc1ccccn1)c1ccc(F)cc1. The maximum Gasteiger partial charge on any atom is 0.418 e. The summed E-state index contributed by atoms with van der Waals surface area (Å²) in [6.07, 6.45) is 0.319. The van der Waals surface area contributed by atoms with E-state index in [1.165, 1.54) is 12.1 Å². The second kappa shape index (κ2) is 7.71. The first-order valence-corrected chi connectivity index (χ1v) is 6.79. The molecule has 0 saturated carbocycles. The summed E-state index contributed by atoms with van der Waals surface area (Å²) in [5.41, 5.74) is 0.676. The Morgan fingerprint density at radius 3 is 2.52 bits per heavy atom. The maximum atomic E-state index is 12.9. The van der Waals surface area contributed by atoms with E-state index in [0.717, 1.165) is 12.1 Å². The number of aromatic nitrogens is 1. The molecule has 1 N–H and O–H groups in total. The van der Waals surface area contributed by atoms with Gasteiger partial charge in [0.2, 0.25) is 5.91 Å². The van der Waals surface area contributed by atoms with Gasteiger partial charge in [-0.15, -0.1) is 0 Å². The summed E-state index contributed by atoms with van der Waals surface area (Å²) < 4.78 is 12.9. The number of carboxylic acid groups (broad SMARTS) is 1. The van der Waals surface area contributed by atoms with Crippen LogP contribution in [0.2, 0.25) is 0 Å². The lowest BCUT2D eigenvalue weighted by atomic mass is 10.2. The third-order valence-corrected chi connectivity index (χ3v) is 2.87. The number of nitrogens with zero attached hydrogens (tertiary/aromatic N) is 2. The number of carbonyl (C=O) groups excluding carboxylic acids is 1. The van der Waals surface area contributed by atoms with Gasteiger partial charge in [-0.2, -0.15) is 0 Å². The summed E-state index contributed by atoms with van der Waals surface area (Å²) in [6, 6.07) is 9.96. The third kappa shape index (κ3) is 4.64. The zero-order valence-electron chi connectivity index (χ0n) is 12.1. The zero-order valence-corrected chi connectivity index (χ0v) is 12.1. The maximum absolute atomic E-state index is 12.9. The molecule has 1 aromatic carbocycles. The summed E-state index contributed by atoms with van der Waals surface area (Å²) in [5.74, 6) is 4.43. The smallest absolute Gasteiger partial charge is 0.418 e. The number of imide groups is 1. The molecule has 2 aromatic rings. The number of amides is 2. The summed E-state index contributed by atoms with van der Waals surface area (Å²) in [6.45, 7) is 0. The van der Waals surface area contributed by atoms with E-state index < -0.39 is 17.8 Å². The Labute approximate surface area is 132 Å². The van der Waals surface area contributed by atoms with Crippen LogP contribution in [0.4, 0.5) is 14.9 Å². The van der Waals surface area contributed by atoms with Crippen molar-refractivity contribution in [1.82, 2.24) is 4.98 Å². The van der Waals surface area contributed by atoms with Gasteiger partial charge < -0.3 is 5.11 Å². The first-order chi connectivity index (χ1) is 11.1. The lowest BCUT2D eigenvalue weighted by Crippen LogP contribution is -2.35. The van der Waals surface area contributed by atoms with Gasteiger partial charge in [-0.05, 0) is 42.3 Å². The fourth-order valence-electron chi connectivity index (χ4n) is 1.82. The normalized spacial score (nSPS) is 9.61. The molecule has 6 heteroatoms. The Balaban J connectivity index is 2.01. The van der Waals surface area contributed by atoms with Gasteiger partial charge in [-0.1, -0.05) is 12.0 Å². The lowest BCUT2D eigenvalue weighted by molar-refractivity contribution is -0.118. The van der Waals surface area contributed by atoms with Crippen molar-refractivity contribution in [3.05, 3.63) is 60.2 Å². The highest BCUT2D eigenvalue weighted by molar-refractivity contribution is 6.11. The van der Waals surface area contributed by atoms with E-state index in [1.54, 1.807) is 24.4 Å². The Bertz CT molecular complexity index is 749. The molecule has 0 fully saturated rings. The molecule has 0 unspecified atom stereocenters. The molecule has 5 nitrogen and oxygen atoms in total. The molecule has 0 aliphatic rings. The summed E-state index contributed by atoms with van der Waals surface area (Å²) in [7, 11) is 0. The fourth-order valence-corrected chi connectivity index (χ4v) is 1.82. The average Bonchev–Trinajstić information content (AvgIpc) is 2.54. The number of hydrogen-bond donors (Lipinski definition) is 1. The van der Waals surface area contributed by atoms with E-state index in [1.807, 2.05) is 0 Å². The van der Waals surface area contributed by atoms with E-state index >= 15 is 0 Å². The van der Waals surface area contributed by atoms with Gasteiger partial charge in [-0.25, -0.2) is 19.1 Å². The van der Waals surface area contributed by atoms with Crippen molar-refractivity contribution in [3.8, 4) is 11.8 Å². The van der Waals surface area contributed by atoms with Crippen LogP contribution in [0.5, 0.6) is 0 Å². The molecule has 0 aliphatic carbocycles. The van der Waals surface area contributed by atoms with Crippen molar-refractivity contribution in [3.63, 3.8) is 0 Å². The van der Waals surface area contributed by atoms with Crippen LogP contribution < -0.4 is 4.90 Å². The highest BCUT2D eigenvalue weighted by Crippen LogP contribution is 2.16. The van der Waals surface area contributed by atoms with E-state index in [-0.39, 0.29) is 18.5 Å². The number of benzene rings is 1. The summed E-state index contributed by atoms with van der Waals surface area (Å²) in [4.78, 5) is 27.9. The van der Waals surface area contributed by atoms with Gasteiger partial charge in [0.25, 0.3) is 0 Å². The monoisotopic (exact) mass is 312 g/mol. The number of anilines is 1. The Morgan fingerprint density at radius 1 is 1.17 bits per heavy atom. The Morgan fingerprint density at radius 2 is 1.91 bits per heavy atom. The second-order valence-corrected chi connectivity index (χ2v) is 4.50. The molecule has 0 aliphatic heterocycles. The molecule has 23 heavy (non-hydrogen) atoms. The lowest BCUT2D eigenvalue weighted by Gasteiger charge is -2.16. The van der Waals surface area contributed by atoms with Crippen molar-refractivity contribution in [2.45, 2.75) is 12.8 Å². The van der Waals surface area contributed by atoms with Crippen LogP contribution >= 0.6 is 0 Å². The van der Waals surface area contributed by atoms with Gasteiger partial charge in [0, 0.05) is 19.0 Å². The molecule has 0 radical (unpaired) electrons. The molecule has 1 aromatic heterocycles. The van der Waals surface area contributed by atoms with Gasteiger partial charge in [0.05, 0.1) is 5.69 Å². The molecular weight excluding hydrogens is 299 g/mol. The van der Waals surface area contributed by atoms with Gasteiger partial charge in [0.1, 0.15) is 11.5 Å². The highest BCUT2D eigenvalue weighted by atomic mass is 19.1. The van der Waals surface area contributed by atoms with E-state index in [9.17, 15) is 14.0 Å². The zero-order chi connectivity index (χ0) is 16.7. The van der Waals surface area contributed by atoms with E-state index in [0.29, 0.717) is 10.6 Å². The van der Waals surface area contributed by atoms with Gasteiger partial charge >= 0.3 is 6.09 Å². The number of carbonyl (C=O) groups is 2. The molecule has 1 heterocycles. The predicted octanol–water partition coefficient (Wildman–Crippen LogP) is 3.06. The number of pyridine rings is 1. The molecular formula is C17H13FN2O3. The Hall–Kier alpha value is -3.20. The number of hydrogen-bond acceptors (Lipinski definition) is 3. The first-order valence-electron chi connectivity index (χ1n) is 6.79. The topological polar surface area (TPSA) is 70.5 Å². The van der Waals surface area contributed by atoms with Crippen LogP contribution in [0, 0.1) is 17.7 Å². The minimum Gasteiger partial charge on any atom is -0.464 e. The van der Waals surface area contributed by atoms with Crippen LogP contribution in [-0.2, 0) is 4.79 Å². The molecule has 2 rings (SSSR count). The minimum absolute atomic E-state index is 0.0660. The fraction of sp³-hybridized carbons (Fsp3) is 0.118. The molecule has 0 bridgehead atoms. The quantitative estimate of drug-likeness (QED) is 0.884. The minimum atomic E-state index is -1.42. The molecule has 0 atom stereocenters. The first kappa shape index (κ1) is 16.2. The number of rotatable bonds is 3. The van der Waals surface area contributed by atoms with Crippen LogP contribution in [0.15, 0.2) is 48.7 Å². The standard InChI is InChI=1S/C17H13FN2O3/c18-13-8-10-15(11-9-13)20(17(22)23)16(21)7-2-1-5-14-6-3-4-12-19-14/h3-4,6,8-12H,2,7H2,(H,22,23).